The van der Waals surface area contributed by atoms with Crippen LogP contribution >= 0.6 is 0 Å². The van der Waals surface area contributed by atoms with Crippen LogP contribution in [0.15, 0.2) is 21.4 Å². The Morgan fingerprint density at radius 1 is 1.26 bits per heavy atom. The second kappa shape index (κ2) is 4.85. The lowest BCUT2D eigenvalue weighted by Crippen LogP contribution is -2.20. The van der Waals surface area contributed by atoms with E-state index in [4.69, 9.17) is 0 Å². The molecule has 0 spiro atoms. The Kier molecular flexibility index (Phi) is 3.95. The molecule has 0 saturated carbocycles. The van der Waals surface area contributed by atoms with Crippen molar-refractivity contribution in [1.29, 1.82) is 0 Å². The topological polar surface area (TPSA) is 70.0 Å². The zero-order valence-corrected chi connectivity index (χ0v) is 12.7. The van der Waals surface area contributed by atoms with Gasteiger partial charge < -0.3 is 10.0 Å². The molecule has 0 bridgehead atoms. The SMILES string of the molecule is C=NS(=O)(=O)c1c(C(C)(C)C)ccc(O)c1N(C)C. The summed E-state index contributed by atoms with van der Waals surface area (Å²) in [6.07, 6.45) is 0. The van der Waals surface area contributed by atoms with Gasteiger partial charge in [0.1, 0.15) is 10.6 Å². The average Bonchev–Trinajstić information content (AvgIpc) is 2.26. The summed E-state index contributed by atoms with van der Waals surface area (Å²) < 4.78 is 27.6. The van der Waals surface area contributed by atoms with Gasteiger partial charge in [-0.05, 0) is 17.0 Å². The molecule has 0 aliphatic rings. The molecule has 0 aliphatic carbocycles. The Hall–Kier alpha value is -1.56. The summed E-state index contributed by atoms with van der Waals surface area (Å²) in [5.41, 5.74) is 0.437. The molecule has 1 aromatic carbocycles. The molecule has 0 heterocycles. The normalized spacial score (nSPS) is 12.3. The van der Waals surface area contributed by atoms with Crippen molar-refractivity contribution in [2.24, 2.45) is 4.40 Å². The molecule has 0 saturated heterocycles. The second-order valence-corrected chi connectivity index (χ2v) is 7.18. The van der Waals surface area contributed by atoms with Crippen LogP contribution in [-0.2, 0) is 15.4 Å². The van der Waals surface area contributed by atoms with Crippen molar-refractivity contribution in [2.45, 2.75) is 31.1 Å². The molecule has 0 aromatic heterocycles. The predicted molar refractivity (Wildman–Crippen MR) is 77.9 cm³/mol. The van der Waals surface area contributed by atoms with E-state index in [1.165, 1.54) is 6.07 Å². The number of rotatable bonds is 3. The van der Waals surface area contributed by atoms with Gasteiger partial charge in [-0.3, -0.25) is 0 Å². The highest BCUT2D eigenvalue weighted by atomic mass is 32.2. The van der Waals surface area contributed by atoms with E-state index >= 15 is 0 Å². The van der Waals surface area contributed by atoms with Crippen molar-refractivity contribution in [2.75, 3.05) is 19.0 Å². The predicted octanol–water partition coefficient (Wildman–Crippen LogP) is 2.14. The first-order valence-electron chi connectivity index (χ1n) is 5.79. The number of phenols is 1. The van der Waals surface area contributed by atoms with Crippen LogP contribution in [0.3, 0.4) is 0 Å². The molecule has 1 rings (SSSR count). The van der Waals surface area contributed by atoms with Gasteiger partial charge in [0.15, 0.2) is 0 Å². The minimum absolute atomic E-state index is 0.0139. The Bertz CT molecular complexity index is 599. The summed E-state index contributed by atoms with van der Waals surface area (Å²) in [5.74, 6) is -0.0970. The Balaban J connectivity index is 3.90. The van der Waals surface area contributed by atoms with Gasteiger partial charge in [0.2, 0.25) is 0 Å². The lowest BCUT2D eigenvalue weighted by molar-refractivity contribution is 0.471. The van der Waals surface area contributed by atoms with Crippen molar-refractivity contribution in [3.63, 3.8) is 0 Å². The molecule has 6 heteroatoms. The van der Waals surface area contributed by atoms with Gasteiger partial charge in [-0.15, -0.1) is 0 Å². The van der Waals surface area contributed by atoms with E-state index in [0.29, 0.717) is 5.56 Å². The number of phenolic OH excluding ortho intramolecular Hbond substituents is 1. The van der Waals surface area contributed by atoms with E-state index in [-0.39, 0.29) is 16.3 Å². The quantitative estimate of drug-likeness (QED) is 0.863. The molecule has 0 radical (unpaired) electrons. The first-order chi connectivity index (χ1) is 8.52. The monoisotopic (exact) mass is 284 g/mol. The molecule has 1 N–H and O–H groups in total. The van der Waals surface area contributed by atoms with E-state index in [0.717, 1.165) is 0 Å². The van der Waals surface area contributed by atoms with Crippen LogP contribution in [0.2, 0.25) is 0 Å². The van der Waals surface area contributed by atoms with Crippen molar-refractivity contribution in [1.82, 2.24) is 0 Å². The third-order valence-corrected chi connectivity index (χ3v) is 4.06. The van der Waals surface area contributed by atoms with E-state index < -0.39 is 15.4 Å². The van der Waals surface area contributed by atoms with Gasteiger partial charge in [-0.25, -0.2) is 0 Å². The summed E-state index contributed by atoms with van der Waals surface area (Å²) in [6, 6.07) is 3.11. The largest absolute Gasteiger partial charge is 0.506 e. The van der Waals surface area contributed by atoms with Crippen molar-refractivity contribution < 1.29 is 13.5 Å². The highest BCUT2D eigenvalue weighted by molar-refractivity contribution is 7.90. The maximum Gasteiger partial charge on any atom is 0.284 e. The summed E-state index contributed by atoms with van der Waals surface area (Å²) in [7, 11) is -0.557. The van der Waals surface area contributed by atoms with Gasteiger partial charge in [0.25, 0.3) is 10.0 Å². The maximum atomic E-state index is 12.2. The first kappa shape index (κ1) is 15.5. The average molecular weight is 284 g/mol. The molecule has 0 aliphatic heterocycles. The van der Waals surface area contributed by atoms with Crippen LogP contribution in [0.5, 0.6) is 5.75 Å². The summed E-state index contributed by atoms with van der Waals surface area (Å²) in [5, 5.41) is 9.94. The highest BCUT2D eigenvalue weighted by Gasteiger charge is 2.30. The van der Waals surface area contributed by atoms with Crippen LogP contribution < -0.4 is 4.90 Å². The molecule has 0 amide bonds. The Labute approximate surface area is 114 Å². The lowest BCUT2D eigenvalue weighted by atomic mass is 9.86. The minimum Gasteiger partial charge on any atom is -0.506 e. The number of benzene rings is 1. The molecule has 0 fully saturated rings. The van der Waals surface area contributed by atoms with Crippen LogP contribution in [0.25, 0.3) is 0 Å². The van der Waals surface area contributed by atoms with E-state index in [1.807, 2.05) is 20.8 Å². The van der Waals surface area contributed by atoms with Gasteiger partial charge in [0.05, 0.1) is 5.69 Å². The lowest BCUT2D eigenvalue weighted by Gasteiger charge is -2.26. The Morgan fingerprint density at radius 3 is 2.16 bits per heavy atom. The van der Waals surface area contributed by atoms with Crippen LogP contribution in [0, 0.1) is 0 Å². The fourth-order valence-corrected chi connectivity index (χ4v) is 3.22. The summed E-state index contributed by atoms with van der Waals surface area (Å²) >= 11 is 0. The molecular weight excluding hydrogens is 264 g/mol. The minimum atomic E-state index is -3.90. The first-order valence-corrected chi connectivity index (χ1v) is 7.23. The van der Waals surface area contributed by atoms with E-state index in [9.17, 15) is 13.5 Å². The van der Waals surface area contributed by atoms with Gasteiger partial charge in [-0.2, -0.15) is 12.8 Å². The number of aromatic hydroxyl groups is 1. The zero-order valence-electron chi connectivity index (χ0n) is 11.9. The molecule has 0 atom stereocenters. The molecule has 106 valence electrons. The zero-order chi connectivity index (χ0) is 15.0. The van der Waals surface area contributed by atoms with E-state index in [1.54, 1.807) is 25.1 Å². The second-order valence-electron chi connectivity index (χ2n) is 5.56. The molecule has 0 unspecified atom stereocenters. The van der Waals surface area contributed by atoms with Crippen molar-refractivity contribution in [3.05, 3.63) is 17.7 Å². The van der Waals surface area contributed by atoms with E-state index in [2.05, 4.69) is 11.1 Å². The summed E-state index contributed by atoms with van der Waals surface area (Å²) in [6.45, 7) is 8.84. The van der Waals surface area contributed by atoms with Crippen molar-refractivity contribution in [3.8, 4) is 5.75 Å². The number of nitrogens with zero attached hydrogens (tertiary/aromatic N) is 2. The number of sulfonamides is 1. The standard InChI is InChI=1S/C13H20N2O3S/c1-13(2,3)9-7-8-10(16)11(15(5)6)12(9)19(17,18)14-4/h7-8,16H,4H2,1-3,5-6H3. The fourth-order valence-electron chi connectivity index (χ4n) is 1.91. The van der Waals surface area contributed by atoms with Crippen LogP contribution in [-0.4, -0.2) is 34.3 Å². The van der Waals surface area contributed by atoms with Gasteiger partial charge in [0, 0.05) is 20.8 Å². The molecular formula is C13H20N2O3S. The highest BCUT2D eigenvalue weighted by Crippen LogP contribution is 2.41. The summed E-state index contributed by atoms with van der Waals surface area (Å²) in [4.78, 5) is 1.57. The number of hydrogen-bond donors (Lipinski definition) is 1. The molecule has 19 heavy (non-hydrogen) atoms. The molecule has 1 aromatic rings. The third kappa shape index (κ3) is 2.89. The smallest absolute Gasteiger partial charge is 0.284 e. The molecule has 5 nitrogen and oxygen atoms in total. The van der Waals surface area contributed by atoms with Gasteiger partial charge >= 0.3 is 0 Å². The van der Waals surface area contributed by atoms with Crippen LogP contribution in [0.1, 0.15) is 26.3 Å². The van der Waals surface area contributed by atoms with Crippen molar-refractivity contribution >= 4 is 22.4 Å². The number of hydrogen-bond acceptors (Lipinski definition) is 4. The number of anilines is 1. The fraction of sp³-hybridized carbons (Fsp3) is 0.462. The van der Waals surface area contributed by atoms with Gasteiger partial charge in [-0.1, -0.05) is 26.8 Å². The Morgan fingerprint density at radius 2 is 1.79 bits per heavy atom. The van der Waals surface area contributed by atoms with Crippen LogP contribution in [0.4, 0.5) is 5.69 Å². The maximum absolute atomic E-state index is 12.2. The third-order valence-electron chi connectivity index (χ3n) is 2.79.